The molecule has 0 bridgehead atoms. The van der Waals surface area contributed by atoms with Gasteiger partial charge in [0, 0.05) is 5.02 Å². The van der Waals surface area contributed by atoms with Gasteiger partial charge in [-0.15, -0.1) is 11.7 Å². The highest BCUT2D eigenvalue weighted by Gasteiger charge is 2.18. The number of aliphatic imine (C=N–C) groups is 1. The molecule has 0 aromatic heterocycles. The third-order valence-electron chi connectivity index (χ3n) is 3.71. The summed E-state index contributed by atoms with van der Waals surface area (Å²) in [6, 6.07) is 12.0. The molecule has 1 N–H and O–H groups in total. The van der Waals surface area contributed by atoms with E-state index >= 15 is 0 Å². The van der Waals surface area contributed by atoms with Gasteiger partial charge in [-0.25, -0.2) is 0 Å². The van der Waals surface area contributed by atoms with E-state index in [9.17, 15) is 4.79 Å². The van der Waals surface area contributed by atoms with Gasteiger partial charge >= 0.3 is 0 Å². The number of carbonyl (C=O) groups excluding carboxylic acids is 1. The summed E-state index contributed by atoms with van der Waals surface area (Å²) in [6.45, 7) is 4.62. The number of amidine groups is 1. The second kappa shape index (κ2) is 10.7. The molecule has 1 heterocycles. The first-order valence-electron chi connectivity index (χ1n) is 8.76. The molecule has 30 heavy (non-hydrogen) atoms. The van der Waals surface area contributed by atoms with Crippen molar-refractivity contribution in [1.82, 2.24) is 5.01 Å². The Kier molecular flexibility index (Phi) is 8.04. The molecule has 0 saturated carbocycles. The van der Waals surface area contributed by atoms with Crippen molar-refractivity contribution in [3.63, 3.8) is 0 Å². The van der Waals surface area contributed by atoms with Gasteiger partial charge in [0.05, 0.1) is 28.0 Å². The van der Waals surface area contributed by atoms with E-state index in [4.69, 9.17) is 39.5 Å². The minimum absolute atomic E-state index is 0.0847. The summed E-state index contributed by atoms with van der Waals surface area (Å²) in [6.07, 6.45) is 1.73. The van der Waals surface area contributed by atoms with Crippen molar-refractivity contribution in [2.45, 2.75) is 0 Å². The standard InChI is InChI=1S/C20H17Cl3N4O2S/c1-2-10-27-11-18(29-14-8-6-13(21)7-9-14)25-20(26-27)30-12-17(28)24-16-5-3-4-15(22)19(16)23/h2-9H,1,10-12H2,(H,24,28). The number of halogens is 3. The van der Waals surface area contributed by atoms with E-state index in [1.54, 1.807) is 53.5 Å². The third kappa shape index (κ3) is 6.40. The van der Waals surface area contributed by atoms with Gasteiger partial charge in [-0.1, -0.05) is 58.7 Å². The quantitative estimate of drug-likeness (QED) is 0.546. The number of anilines is 1. The van der Waals surface area contributed by atoms with Crippen molar-refractivity contribution in [3.8, 4) is 5.75 Å². The molecule has 1 aliphatic rings. The molecule has 156 valence electrons. The normalized spacial score (nSPS) is 13.4. The Balaban J connectivity index is 1.65. The number of thioether (sulfide) groups is 1. The van der Waals surface area contributed by atoms with Gasteiger partial charge in [-0.05, 0) is 36.4 Å². The largest absolute Gasteiger partial charge is 0.441 e. The van der Waals surface area contributed by atoms with Crippen LogP contribution in [0.5, 0.6) is 5.75 Å². The minimum atomic E-state index is -0.261. The number of rotatable bonds is 6. The Morgan fingerprint density at radius 3 is 2.73 bits per heavy atom. The maximum atomic E-state index is 12.3. The molecular formula is C20H17Cl3N4O2S. The average Bonchev–Trinajstić information content (AvgIpc) is 2.72. The predicted molar refractivity (Wildman–Crippen MR) is 126 cm³/mol. The molecule has 1 aliphatic heterocycles. The minimum Gasteiger partial charge on any atom is -0.441 e. The second-order valence-corrected chi connectivity index (χ2v) is 8.18. The summed E-state index contributed by atoms with van der Waals surface area (Å²) < 4.78 is 5.84. The summed E-state index contributed by atoms with van der Waals surface area (Å²) in [5, 5.41) is 10.6. The van der Waals surface area contributed by atoms with Crippen molar-refractivity contribution in [1.29, 1.82) is 0 Å². The number of hydrogen-bond acceptors (Lipinski definition) is 6. The van der Waals surface area contributed by atoms with Crippen LogP contribution in [0.4, 0.5) is 5.69 Å². The lowest BCUT2D eigenvalue weighted by molar-refractivity contribution is -0.113. The van der Waals surface area contributed by atoms with Crippen molar-refractivity contribution < 1.29 is 9.53 Å². The van der Waals surface area contributed by atoms with Crippen LogP contribution < -0.4 is 10.1 Å². The molecule has 2 aromatic rings. The van der Waals surface area contributed by atoms with E-state index in [-0.39, 0.29) is 11.7 Å². The highest BCUT2D eigenvalue weighted by molar-refractivity contribution is 8.14. The Bertz CT molecular complexity index is 996. The fraction of sp³-hybridized carbons (Fsp3) is 0.150. The van der Waals surface area contributed by atoms with Gasteiger partial charge in [0.15, 0.2) is 0 Å². The fourth-order valence-electron chi connectivity index (χ4n) is 2.40. The SMILES string of the molecule is C=CCN1CC(Oc2ccc(Cl)cc2)=NC(SCC(=O)Nc2cccc(Cl)c2Cl)=N1. The number of hydrogen-bond donors (Lipinski definition) is 1. The molecule has 10 heteroatoms. The molecule has 0 atom stereocenters. The van der Waals surface area contributed by atoms with Crippen molar-refractivity contribution in [2.75, 3.05) is 24.2 Å². The Morgan fingerprint density at radius 2 is 2.00 bits per heavy atom. The summed E-state index contributed by atoms with van der Waals surface area (Å²) >= 11 is 19.2. The van der Waals surface area contributed by atoms with Crippen LogP contribution in [0.1, 0.15) is 0 Å². The van der Waals surface area contributed by atoms with Crippen LogP contribution in [0, 0.1) is 0 Å². The molecule has 3 rings (SSSR count). The first-order chi connectivity index (χ1) is 14.4. The first kappa shape index (κ1) is 22.5. The van der Waals surface area contributed by atoms with Gasteiger partial charge in [0.2, 0.25) is 17.0 Å². The van der Waals surface area contributed by atoms with Crippen molar-refractivity contribution in [3.05, 3.63) is 70.2 Å². The number of amides is 1. The number of benzene rings is 2. The van der Waals surface area contributed by atoms with Crippen LogP contribution in [0.2, 0.25) is 15.1 Å². The van der Waals surface area contributed by atoms with E-state index in [1.165, 1.54) is 11.8 Å². The summed E-state index contributed by atoms with van der Waals surface area (Å²) in [7, 11) is 0. The molecule has 0 fully saturated rings. The van der Waals surface area contributed by atoms with Gasteiger partial charge in [0.1, 0.15) is 12.3 Å². The number of hydrazone groups is 1. The van der Waals surface area contributed by atoms with Gasteiger partial charge < -0.3 is 10.1 Å². The molecule has 1 amide bonds. The van der Waals surface area contributed by atoms with Crippen LogP contribution in [0.25, 0.3) is 0 Å². The topological polar surface area (TPSA) is 66.3 Å². The van der Waals surface area contributed by atoms with E-state index in [0.717, 1.165) is 0 Å². The maximum absolute atomic E-state index is 12.3. The smallest absolute Gasteiger partial charge is 0.234 e. The first-order valence-corrected chi connectivity index (χ1v) is 10.9. The van der Waals surface area contributed by atoms with Crippen LogP contribution >= 0.6 is 46.6 Å². The predicted octanol–water partition coefficient (Wildman–Crippen LogP) is 5.57. The molecule has 0 spiro atoms. The molecule has 0 unspecified atom stereocenters. The zero-order valence-corrected chi connectivity index (χ0v) is 18.7. The van der Waals surface area contributed by atoms with E-state index < -0.39 is 0 Å². The van der Waals surface area contributed by atoms with Crippen LogP contribution in [0.3, 0.4) is 0 Å². The molecule has 0 aliphatic carbocycles. The number of nitrogens with one attached hydrogen (secondary N) is 1. The Morgan fingerprint density at radius 1 is 1.23 bits per heavy atom. The lowest BCUT2D eigenvalue weighted by atomic mass is 10.3. The summed E-state index contributed by atoms with van der Waals surface area (Å²) in [4.78, 5) is 16.7. The van der Waals surface area contributed by atoms with Crippen molar-refractivity contribution >= 4 is 69.2 Å². The summed E-state index contributed by atoms with van der Waals surface area (Å²) in [5.41, 5.74) is 0.448. The fourth-order valence-corrected chi connectivity index (χ4v) is 3.55. The zero-order valence-electron chi connectivity index (χ0n) is 15.6. The number of ether oxygens (including phenoxy) is 1. The van der Waals surface area contributed by atoms with Gasteiger partial charge in [0.25, 0.3) is 0 Å². The van der Waals surface area contributed by atoms with Crippen molar-refractivity contribution in [2.24, 2.45) is 10.1 Å². The number of nitrogens with zero attached hydrogens (tertiary/aromatic N) is 3. The lowest BCUT2D eigenvalue weighted by Gasteiger charge is -2.23. The molecule has 2 aromatic carbocycles. The molecule has 6 nitrogen and oxygen atoms in total. The molecular weight excluding hydrogens is 467 g/mol. The number of carbonyl (C=O) groups is 1. The zero-order chi connectivity index (χ0) is 21.5. The highest BCUT2D eigenvalue weighted by atomic mass is 35.5. The molecule has 0 radical (unpaired) electrons. The van der Waals surface area contributed by atoms with Crippen LogP contribution in [0.15, 0.2) is 65.2 Å². The monoisotopic (exact) mass is 482 g/mol. The second-order valence-electron chi connectivity index (χ2n) is 6.02. The van der Waals surface area contributed by atoms with Gasteiger partial charge in [-0.2, -0.15) is 4.99 Å². The Labute approximate surface area is 193 Å². The molecule has 0 saturated heterocycles. The lowest BCUT2D eigenvalue weighted by Crippen LogP contribution is -2.33. The van der Waals surface area contributed by atoms with E-state index in [1.807, 2.05) is 0 Å². The third-order valence-corrected chi connectivity index (χ3v) is 5.62. The van der Waals surface area contributed by atoms with E-state index in [0.29, 0.717) is 50.7 Å². The summed E-state index contributed by atoms with van der Waals surface area (Å²) in [5.74, 6) is 0.885. The highest BCUT2D eigenvalue weighted by Crippen LogP contribution is 2.29. The van der Waals surface area contributed by atoms with E-state index in [2.05, 4.69) is 22.0 Å². The maximum Gasteiger partial charge on any atom is 0.234 e. The average molecular weight is 484 g/mol. The van der Waals surface area contributed by atoms with Gasteiger partial charge in [-0.3, -0.25) is 9.80 Å². The van der Waals surface area contributed by atoms with Crippen LogP contribution in [-0.2, 0) is 4.79 Å². The Hall–Kier alpha value is -2.19. The van der Waals surface area contributed by atoms with Crippen LogP contribution in [-0.4, -0.2) is 40.8 Å².